The predicted octanol–water partition coefficient (Wildman–Crippen LogP) is 2.49. The second-order valence-electron chi connectivity index (χ2n) is 2.68. The van der Waals surface area contributed by atoms with E-state index in [0.717, 1.165) is 12.2 Å². The predicted molar refractivity (Wildman–Crippen MR) is 48.8 cm³/mol. The van der Waals surface area contributed by atoms with Gasteiger partial charge in [-0.15, -0.1) is 18.3 Å². The van der Waals surface area contributed by atoms with Crippen molar-refractivity contribution in [3.05, 3.63) is 12.7 Å². The number of hydrogen-bond acceptors (Lipinski definition) is 2. The van der Waals surface area contributed by atoms with Crippen molar-refractivity contribution in [2.45, 2.75) is 25.8 Å². The first-order valence-electron chi connectivity index (χ1n) is 3.55. The van der Waals surface area contributed by atoms with Gasteiger partial charge in [0.05, 0.1) is 10.6 Å². The average molecular weight is 155 g/mol. The summed E-state index contributed by atoms with van der Waals surface area (Å²) in [5.41, 5.74) is 0.0670. The van der Waals surface area contributed by atoms with Gasteiger partial charge in [-0.2, -0.15) is 0 Å². The highest BCUT2D eigenvalue weighted by molar-refractivity contribution is 8.14. The molecular weight excluding hydrogens is 142 g/mol. The van der Waals surface area contributed by atoms with Gasteiger partial charge in [0.25, 0.3) is 0 Å². The fraction of sp³-hybridized carbons (Fsp3) is 0.625. The van der Waals surface area contributed by atoms with Crippen LogP contribution in [0.5, 0.6) is 0 Å². The minimum atomic E-state index is 0.0670. The molecule has 0 saturated heterocycles. The van der Waals surface area contributed by atoms with Gasteiger partial charge in [-0.25, -0.2) is 0 Å². The monoisotopic (exact) mass is 155 g/mol. The zero-order chi connectivity index (χ0) is 7.61. The third-order valence-corrected chi connectivity index (χ3v) is 2.50. The van der Waals surface area contributed by atoms with E-state index in [4.69, 9.17) is 0 Å². The first-order chi connectivity index (χ1) is 4.70. The standard InChI is InChI=1S/C8H13NS/c1-4-8(3)6-7(9-8)10-5-2/h4H,1,5-6H2,2-3H3. The van der Waals surface area contributed by atoms with Gasteiger partial charge < -0.3 is 0 Å². The van der Waals surface area contributed by atoms with Gasteiger partial charge in [0, 0.05) is 6.42 Å². The topological polar surface area (TPSA) is 12.4 Å². The Morgan fingerprint density at radius 3 is 2.90 bits per heavy atom. The molecule has 0 radical (unpaired) electrons. The Labute approximate surface area is 66.6 Å². The Kier molecular flexibility index (Phi) is 2.19. The summed E-state index contributed by atoms with van der Waals surface area (Å²) in [7, 11) is 0. The Bertz CT molecular complexity index is 174. The third-order valence-electron chi connectivity index (χ3n) is 1.64. The molecule has 0 aliphatic carbocycles. The summed E-state index contributed by atoms with van der Waals surface area (Å²) in [6.07, 6.45) is 3.02. The first kappa shape index (κ1) is 7.86. The summed E-state index contributed by atoms with van der Waals surface area (Å²) in [4.78, 5) is 4.42. The van der Waals surface area contributed by atoms with Crippen molar-refractivity contribution in [3.8, 4) is 0 Å². The molecule has 0 saturated carbocycles. The van der Waals surface area contributed by atoms with E-state index in [1.807, 2.05) is 17.8 Å². The molecule has 0 aromatic heterocycles. The smallest absolute Gasteiger partial charge is 0.0826 e. The molecule has 1 aliphatic heterocycles. The molecule has 0 bridgehead atoms. The van der Waals surface area contributed by atoms with E-state index in [-0.39, 0.29) is 5.54 Å². The Balaban J connectivity index is 2.45. The van der Waals surface area contributed by atoms with Gasteiger partial charge in [0.15, 0.2) is 0 Å². The molecule has 0 spiro atoms. The Hall–Kier alpha value is -0.240. The van der Waals surface area contributed by atoms with Crippen LogP contribution in [0.25, 0.3) is 0 Å². The summed E-state index contributed by atoms with van der Waals surface area (Å²) in [5.74, 6) is 1.13. The molecule has 1 atom stereocenters. The van der Waals surface area contributed by atoms with Crippen LogP contribution in [0.1, 0.15) is 20.3 Å². The fourth-order valence-corrected chi connectivity index (χ4v) is 1.95. The van der Waals surface area contributed by atoms with Crippen LogP contribution in [-0.2, 0) is 0 Å². The van der Waals surface area contributed by atoms with Crippen molar-refractivity contribution in [2.24, 2.45) is 4.99 Å². The van der Waals surface area contributed by atoms with E-state index >= 15 is 0 Å². The second-order valence-corrected chi connectivity index (χ2v) is 4.01. The van der Waals surface area contributed by atoms with Crippen molar-refractivity contribution in [1.82, 2.24) is 0 Å². The highest BCUT2D eigenvalue weighted by Gasteiger charge is 2.30. The minimum Gasteiger partial charge on any atom is -0.272 e. The van der Waals surface area contributed by atoms with Gasteiger partial charge >= 0.3 is 0 Å². The molecule has 56 valence electrons. The molecule has 2 heteroatoms. The zero-order valence-corrected chi connectivity index (χ0v) is 7.37. The lowest BCUT2D eigenvalue weighted by Gasteiger charge is -2.31. The summed E-state index contributed by atoms with van der Waals surface area (Å²) in [6.45, 7) is 7.99. The normalized spacial score (nSPS) is 30.8. The van der Waals surface area contributed by atoms with Gasteiger partial charge in [0.2, 0.25) is 0 Å². The van der Waals surface area contributed by atoms with Crippen molar-refractivity contribution < 1.29 is 0 Å². The number of hydrogen-bond donors (Lipinski definition) is 0. The second kappa shape index (κ2) is 2.79. The number of thioether (sulfide) groups is 1. The quantitative estimate of drug-likeness (QED) is 0.558. The summed E-state index contributed by atoms with van der Waals surface area (Å²) < 4.78 is 0. The van der Waals surface area contributed by atoms with Crippen molar-refractivity contribution in [1.29, 1.82) is 0 Å². The lowest BCUT2D eigenvalue weighted by molar-refractivity contribution is 0.570. The van der Waals surface area contributed by atoms with Crippen LogP contribution >= 0.6 is 11.8 Å². The highest BCUT2D eigenvalue weighted by Crippen LogP contribution is 2.32. The van der Waals surface area contributed by atoms with Gasteiger partial charge in [-0.05, 0) is 12.7 Å². The van der Waals surface area contributed by atoms with Gasteiger partial charge in [-0.3, -0.25) is 4.99 Å². The van der Waals surface area contributed by atoms with Crippen LogP contribution in [0.15, 0.2) is 17.6 Å². The molecule has 0 aromatic rings. The van der Waals surface area contributed by atoms with Crippen LogP contribution in [-0.4, -0.2) is 16.3 Å². The molecule has 0 aromatic carbocycles. The number of rotatable bonds is 2. The molecule has 1 rings (SSSR count). The molecule has 10 heavy (non-hydrogen) atoms. The molecule has 1 aliphatic rings. The molecule has 0 fully saturated rings. The van der Waals surface area contributed by atoms with Crippen molar-refractivity contribution in [3.63, 3.8) is 0 Å². The number of nitrogens with zero attached hydrogens (tertiary/aromatic N) is 1. The zero-order valence-electron chi connectivity index (χ0n) is 6.55. The van der Waals surface area contributed by atoms with Crippen molar-refractivity contribution >= 4 is 16.8 Å². The van der Waals surface area contributed by atoms with Crippen molar-refractivity contribution in [2.75, 3.05) is 5.75 Å². The lowest BCUT2D eigenvalue weighted by atomic mass is 9.94. The molecule has 1 heterocycles. The average Bonchev–Trinajstić information content (AvgIpc) is 1.85. The first-order valence-corrected chi connectivity index (χ1v) is 4.54. The van der Waals surface area contributed by atoms with E-state index in [2.05, 4.69) is 25.4 Å². The molecule has 0 N–H and O–H groups in total. The van der Waals surface area contributed by atoms with E-state index < -0.39 is 0 Å². The summed E-state index contributed by atoms with van der Waals surface area (Å²) in [6, 6.07) is 0. The maximum absolute atomic E-state index is 4.42. The summed E-state index contributed by atoms with van der Waals surface area (Å²) in [5, 5.41) is 1.28. The molecule has 0 amide bonds. The van der Waals surface area contributed by atoms with E-state index in [1.54, 1.807) is 0 Å². The van der Waals surface area contributed by atoms with Gasteiger partial charge in [-0.1, -0.05) is 13.0 Å². The molecular formula is C8H13NS. The van der Waals surface area contributed by atoms with E-state index in [9.17, 15) is 0 Å². The van der Waals surface area contributed by atoms with Gasteiger partial charge in [0.1, 0.15) is 0 Å². The van der Waals surface area contributed by atoms with Crippen LogP contribution < -0.4 is 0 Å². The maximum Gasteiger partial charge on any atom is 0.0826 e. The molecule has 1 nitrogen and oxygen atoms in total. The third kappa shape index (κ3) is 1.43. The van der Waals surface area contributed by atoms with Crippen LogP contribution in [0, 0.1) is 0 Å². The van der Waals surface area contributed by atoms with E-state index in [1.165, 1.54) is 5.04 Å². The Morgan fingerprint density at radius 1 is 1.90 bits per heavy atom. The SMILES string of the molecule is C=CC1(C)CC(SCC)=N1. The van der Waals surface area contributed by atoms with Crippen LogP contribution in [0.4, 0.5) is 0 Å². The highest BCUT2D eigenvalue weighted by atomic mass is 32.2. The van der Waals surface area contributed by atoms with Crippen LogP contribution in [0.3, 0.4) is 0 Å². The summed E-state index contributed by atoms with van der Waals surface area (Å²) >= 11 is 1.84. The van der Waals surface area contributed by atoms with E-state index in [0.29, 0.717) is 0 Å². The molecule has 1 unspecified atom stereocenters. The maximum atomic E-state index is 4.42. The fourth-order valence-electron chi connectivity index (χ4n) is 0.947. The largest absolute Gasteiger partial charge is 0.272 e. The van der Waals surface area contributed by atoms with Crippen LogP contribution in [0.2, 0.25) is 0 Å². The number of aliphatic imine (C=N–C) groups is 1. The lowest BCUT2D eigenvalue weighted by Crippen LogP contribution is -2.32. The Morgan fingerprint density at radius 2 is 2.50 bits per heavy atom. The minimum absolute atomic E-state index is 0.0670.